The van der Waals surface area contributed by atoms with E-state index in [0.717, 1.165) is 22.4 Å². The van der Waals surface area contributed by atoms with Crippen molar-refractivity contribution in [3.63, 3.8) is 0 Å². The second-order valence-electron chi connectivity index (χ2n) is 4.98. The van der Waals surface area contributed by atoms with Crippen molar-refractivity contribution in [2.45, 2.75) is 0 Å². The Morgan fingerprint density at radius 2 is 1.22 bits per heavy atom. The minimum atomic E-state index is -0.264. The van der Waals surface area contributed by atoms with E-state index in [4.69, 9.17) is 0 Å². The Hall–Kier alpha value is -3.07. The largest absolute Gasteiger partial charge is 0.207 e. The van der Waals surface area contributed by atoms with Gasteiger partial charge in [-0.25, -0.2) is 4.39 Å². The number of hydrogen-bond acceptors (Lipinski definition) is 2. The smallest absolute Gasteiger partial charge is 0.123 e. The Morgan fingerprint density at radius 1 is 0.696 bits per heavy atom. The van der Waals surface area contributed by atoms with Gasteiger partial charge in [0.25, 0.3) is 0 Å². The highest BCUT2D eigenvalue weighted by atomic mass is 19.1. The van der Waals surface area contributed by atoms with E-state index < -0.39 is 0 Å². The first kappa shape index (κ1) is 14.9. The van der Waals surface area contributed by atoms with Crippen LogP contribution in [0.2, 0.25) is 0 Å². The fourth-order valence-corrected chi connectivity index (χ4v) is 2.18. The number of hydrogen-bond donors (Lipinski definition) is 0. The summed E-state index contributed by atoms with van der Waals surface area (Å²) in [5.74, 6) is -0.264. The Bertz CT molecular complexity index is 766. The average Bonchev–Trinajstić information content (AvgIpc) is 2.62. The second kappa shape index (κ2) is 7.27. The lowest BCUT2D eigenvalue weighted by atomic mass is 10.0. The normalized spacial score (nSPS) is 10.7. The molecule has 0 fully saturated rings. The van der Waals surface area contributed by atoms with E-state index in [9.17, 15) is 4.39 Å². The third kappa shape index (κ3) is 3.98. The lowest BCUT2D eigenvalue weighted by Gasteiger charge is -2.05. The van der Waals surface area contributed by atoms with Crippen molar-refractivity contribution < 1.29 is 4.39 Å². The first-order valence-electron chi connectivity index (χ1n) is 7.30. The van der Waals surface area contributed by atoms with E-state index in [2.05, 4.69) is 10.2 Å². The quantitative estimate of drug-likeness (QED) is 0.493. The van der Waals surface area contributed by atoms with Crippen LogP contribution in [0.1, 0.15) is 16.7 Å². The molecule has 0 aliphatic carbocycles. The van der Waals surface area contributed by atoms with E-state index >= 15 is 0 Å². The molecule has 0 radical (unpaired) electrons. The molecule has 0 aromatic heterocycles. The van der Waals surface area contributed by atoms with Gasteiger partial charge < -0.3 is 0 Å². The van der Waals surface area contributed by atoms with Gasteiger partial charge in [0, 0.05) is 11.1 Å². The van der Waals surface area contributed by atoms with E-state index in [1.54, 1.807) is 18.3 Å². The van der Waals surface area contributed by atoms with E-state index in [1.165, 1.54) is 12.1 Å². The van der Waals surface area contributed by atoms with Gasteiger partial charge >= 0.3 is 0 Å². The molecule has 23 heavy (non-hydrogen) atoms. The van der Waals surface area contributed by atoms with Crippen LogP contribution in [-0.4, -0.2) is 11.9 Å². The molecular formula is C20H15FN2. The highest BCUT2D eigenvalue weighted by Crippen LogP contribution is 2.11. The van der Waals surface area contributed by atoms with Crippen molar-refractivity contribution in [2.24, 2.45) is 10.2 Å². The SMILES string of the molecule is Fc1ccc(C=NN=C(c2ccccc2)c2ccccc2)cc1. The van der Waals surface area contributed by atoms with Crippen LogP contribution in [0.4, 0.5) is 4.39 Å². The van der Waals surface area contributed by atoms with Crippen LogP contribution in [0, 0.1) is 5.82 Å². The van der Waals surface area contributed by atoms with Crippen LogP contribution >= 0.6 is 0 Å². The predicted molar refractivity (Wildman–Crippen MR) is 92.5 cm³/mol. The number of benzene rings is 3. The van der Waals surface area contributed by atoms with E-state index in [0.29, 0.717) is 0 Å². The lowest BCUT2D eigenvalue weighted by Crippen LogP contribution is -2.02. The molecule has 0 unspecified atom stereocenters. The molecule has 0 saturated heterocycles. The zero-order chi connectivity index (χ0) is 15.9. The fourth-order valence-electron chi connectivity index (χ4n) is 2.18. The number of rotatable bonds is 4. The summed E-state index contributed by atoms with van der Waals surface area (Å²) in [5.41, 5.74) is 3.59. The van der Waals surface area contributed by atoms with Crippen molar-refractivity contribution in [3.8, 4) is 0 Å². The minimum Gasteiger partial charge on any atom is -0.207 e. The summed E-state index contributed by atoms with van der Waals surface area (Å²) in [7, 11) is 0. The maximum atomic E-state index is 12.9. The van der Waals surface area contributed by atoms with Gasteiger partial charge in [0.1, 0.15) is 11.5 Å². The van der Waals surface area contributed by atoms with E-state index in [-0.39, 0.29) is 5.82 Å². The summed E-state index contributed by atoms with van der Waals surface area (Å²) in [6, 6.07) is 25.9. The maximum Gasteiger partial charge on any atom is 0.123 e. The Kier molecular flexibility index (Phi) is 4.69. The molecule has 3 aromatic rings. The summed E-state index contributed by atoms with van der Waals surface area (Å²) < 4.78 is 12.9. The van der Waals surface area contributed by atoms with Gasteiger partial charge in [-0.15, -0.1) is 5.10 Å². The third-order valence-corrected chi connectivity index (χ3v) is 3.33. The average molecular weight is 302 g/mol. The number of nitrogens with zero attached hydrogens (tertiary/aromatic N) is 2. The number of halogens is 1. The molecule has 0 amide bonds. The molecule has 0 saturated carbocycles. The highest BCUT2D eigenvalue weighted by Gasteiger charge is 2.05. The molecule has 0 heterocycles. The monoisotopic (exact) mass is 302 g/mol. The minimum absolute atomic E-state index is 0.264. The van der Waals surface area contributed by atoms with Gasteiger partial charge in [-0.05, 0) is 17.7 Å². The topological polar surface area (TPSA) is 24.7 Å². The molecule has 0 aliphatic heterocycles. The fraction of sp³-hybridized carbons (Fsp3) is 0. The van der Waals surface area contributed by atoms with Gasteiger partial charge in [0.2, 0.25) is 0 Å². The summed E-state index contributed by atoms with van der Waals surface area (Å²) in [6.45, 7) is 0. The van der Waals surface area contributed by atoms with Crippen molar-refractivity contribution in [3.05, 3.63) is 107 Å². The van der Waals surface area contributed by atoms with Crippen LogP contribution in [0.25, 0.3) is 0 Å². The maximum absolute atomic E-state index is 12.9. The van der Waals surface area contributed by atoms with Crippen LogP contribution < -0.4 is 0 Å². The Morgan fingerprint density at radius 3 is 1.74 bits per heavy atom. The van der Waals surface area contributed by atoms with Crippen LogP contribution in [0.15, 0.2) is 95.1 Å². The molecule has 2 nitrogen and oxygen atoms in total. The standard InChI is InChI=1S/C20H15FN2/c21-19-13-11-16(12-14-19)15-22-23-20(17-7-3-1-4-8-17)18-9-5-2-6-10-18/h1-15H. The molecule has 0 N–H and O–H groups in total. The van der Waals surface area contributed by atoms with Gasteiger partial charge in [-0.2, -0.15) is 5.10 Å². The molecule has 3 rings (SSSR count). The van der Waals surface area contributed by atoms with Crippen LogP contribution in [0.3, 0.4) is 0 Å². The van der Waals surface area contributed by atoms with Crippen molar-refractivity contribution >= 4 is 11.9 Å². The Labute approximate surface area is 134 Å². The molecule has 112 valence electrons. The molecule has 0 bridgehead atoms. The molecule has 0 atom stereocenters. The van der Waals surface area contributed by atoms with Crippen molar-refractivity contribution in [1.82, 2.24) is 0 Å². The highest BCUT2D eigenvalue weighted by molar-refractivity contribution is 6.12. The van der Waals surface area contributed by atoms with Gasteiger partial charge in [0.05, 0.1) is 6.21 Å². The zero-order valence-electron chi connectivity index (χ0n) is 12.4. The predicted octanol–water partition coefficient (Wildman–Crippen LogP) is 4.70. The second-order valence-corrected chi connectivity index (χ2v) is 4.98. The molecule has 3 aromatic carbocycles. The van der Waals surface area contributed by atoms with Gasteiger partial charge in [-0.3, -0.25) is 0 Å². The molecule has 0 aliphatic rings. The first-order valence-corrected chi connectivity index (χ1v) is 7.30. The molecule has 0 spiro atoms. The first-order chi connectivity index (χ1) is 11.3. The Balaban J connectivity index is 1.93. The summed E-state index contributed by atoms with van der Waals surface area (Å²) in [5, 5.41) is 8.54. The zero-order valence-corrected chi connectivity index (χ0v) is 12.4. The summed E-state index contributed by atoms with van der Waals surface area (Å²) in [6.07, 6.45) is 1.62. The van der Waals surface area contributed by atoms with Crippen LogP contribution in [0.5, 0.6) is 0 Å². The summed E-state index contributed by atoms with van der Waals surface area (Å²) >= 11 is 0. The molecular weight excluding hydrogens is 287 g/mol. The van der Waals surface area contributed by atoms with Crippen molar-refractivity contribution in [2.75, 3.05) is 0 Å². The van der Waals surface area contributed by atoms with E-state index in [1.807, 2.05) is 60.7 Å². The van der Waals surface area contributed by atoms with Crippen LogP contribution in [-0.2, 0) is 0 Å². The van der Waals surface area contributed by atoms with Gasteiger partial charge in [0.15, 0.2) is 0 Å². The van der Waals surface area contributed by atoms with Crippen molar-refractivity contribution in [1.29, 1.82) is 0 Å². The molecule has 3 heteroatoms. The van der Waals surface area contributed by atoms with Gasteiger partial charge in [-0.1, -0.05) is 72.8 Å². The third-order valence-electron chi connectivity index (χ3n) is 3.33. The lowest BCUT2D eigenvalue weighted by molar-refractivity contribution is 0.628. The summed E-state index contributed by atoms with van der Waals surface area (Å²) in [4.78, 5) is 0.